The van der Waals surface area contributed by atoms with Gasteiger partial charge in [-0.15, -0.1) is 0 Å². The van der Waals surface area contributed by atoms with Gasteiger partial charge in [0.2, 0.25) is 0 Å². The molecule has 1 aliphatic carbocycles. The molecule has 40 heavy (non-hydrogen) atoms. The number of carbonyl (C=O) groups excluding carboxylic acids is 1. The smallest absolute Gasteiger partial charge is 0.253 e. The summed E-state index contributed by atoms with van der Waals surface area (Å²) in [4.78, 5) is 23.5. The first kappa shape index (κ1) is 29.4. The average Bonchev–Trinajstić information content (AvgIpc) is 3.63. The number of methoxy groups -OCH3 is 2. The minimum absolute atomic E-state index is 0.0691. The fraction of sp³-hybridized carbons (Fsp3) is 0.667. The summed E-state index contributed by atoms with van der Waals surface area (Å²) in [6.07, 6.45) is 5.77. The van der Waals surface area contributed by atoms with E-state index in [9.17, 15) is 4.79 Å². The molecular formula is C30H45N5O4S. The quantitative estimate of drug-likeness (QED) is 0.389. The van der Waals surface area contributed by atoms with Crippen molar-refractivity contribution in [3.63, 3.8) is 0 Å². The zero-order chi connectivity index (χ0) is 27.9. The number of allylic oxidation sites excluding steroid dienone is 1. The summed E-state index contributed by atoms with van der Waals surface area (Å²) in [7, 11) is 3.44. The van der Waals surface area contributed by atoms with Crippen LogP contribution in [0.5, 0.6) is 0 Å². The first-order valence-electron chi connectivity index (χ1n) is 14.8. The van der Waals surface area contributed by atoms with Crippen molar-refractivity contribution in [1.29, 1.82) is 0 Å². The van der Waals surface area contributed by atoms with E-state index in [4.69, 9.17) is 19.2 Å². The highest BCUT2D eigenvalue weighted by atomic mass is 32.2. The number of amides is 1. The molecule has 2 N–H and O–H groups in total. The number of thioether (sulfide) groups is 1. The molecule has 2 saturated heterocycles. The van der Waals surface area contributed by atoms with Gasteiger partial charge in [0.25, 0.3) is 5.91 Å². The van der Waals surface area contributed by atoms with Crippen molar-refractivity contribution in [3.8, 4) is 0 Å². The molecule has 1 aromatic carbocycles. The van der Waals surface area contributed by atoms with Gasteiger partial charge >= 0.3 is 0 Å². The molecule has 5 rings (SSSR count). The highest BCUT2D eigenvalue weighted by Gasteiger charge is 2.33. The van der Waals surface area contributed by atoms with E-state index in [-0.39, 0.29) is 18.1 Å². The van der Waals surface area contributed by atoms with Crippen molar-refractivity contribution in [1.82, 2.24) is 15.1 Å². The van der Waals surface area contributed by atoms with Gasteiger partial charge in [-0.2, -0.15) is 0 Å². The van der Waals surface area contributed by atoms with Crippen LogP contribution in [0.15, 0.2) is 34.5 Å². The Kier molecular flexibility index (Phi) is 10.4. The Bertz CT molecular complexity index is 1090. The fourth-order valence-corrected chi connectivity index (χ4v) is 6.91. The van der Waals surface area contributed by atoms with Gasteiger partial charge in [0.15, 0.2) is 5.17 Å². The van der Waals surface area contributed by atoms with Crippen LogP contribution in [0, 0.1) is 0 Å². The van der Waals surface area contributed by atoms with Crippen LogP contribution in [0.25, 0.3) is 0 Å². The van der Waals surface area contributed by atoms with Crippen molar-refractivity contribution in [2.24, 2.45) is 4.99 Å². The number of nitrogens with zero attached hydrogens (tertiary/aromatic N) is 3. The Morgan fingerprint density at radius 2 is 2.12 bits per heavy atom. The number of aliphatic imine (C=N–C) groups is 1. The zero-order valence-corrected chi connectivity index (χ0v) is 25.1. The summed E-state index contributed by atoms with van der Waals surface area (Å²) in [6, 6.07) is 6.77. The molecule has 0 radical (unpaired) electrons. The summed E-state index contributed by atoms with van der Waals surface area (Å²) in [5.74, 6) is 0.833. The van der Waals surface area contributed by atoms with Crippen molar-refractivity contribution >= 4 is 28.5 Å². The maximum Gasteiger partial charge on any atom is 0.253 e. The molecular weight excluding hydrogens is 526 g/mol. The minimum atomic E-state index is -0.0824. The molecule has 3 aliphatic heterocycles. The average molecular weight is 572 g/mol. The van der Waals surface area contributed by atoms with E-state index in [1.54, 1.807) is 14.2 Å². The van der Waals surface area contributed by atoms with Gasteiger partial charge in [-0.1, -0.05) is 24.8 Å². The van der Waals surface area contributed by atoms with E-state index in [1.165, 1.54) is 17.7 Å². The van der Waals surface area contributed by atoms with E-state index >= 15 is 0 Å². The normalized spacial score (nSPS) is 25.1. The summed E-state index contributed by atoms with van der Waals surface area (Å²) < 4.78 is 16.5. The fourth-order valence-electron chi connectivity index (χ4n) is 5.81. The lowest BCUT2D eigenvalue weighted by Gasteiger charge is -2.35. The third-order valence-corrected chi connectivity index (χ3v) is 9.56. The molecule has 0 bridgehead atoms. The second-order valence-corrected chi connectivity index (χ2v) is 12.0. The lowest BCUT2D eigenvalue weighted by Crippen LogP contribution is -2.44. The molecule has 1 saturated carbocycles. The molecule has 3 heterocycles. The number of benzene rings is 1. The summed E-state index contributed by atoms with van der Waals surface area (Å²) in [5, 5.41) is 7.89. The lowest BCUT2D eigenvalue weighted by atomic mass is 9.88. The van der Waals surface area contributed by atoms with E-state index < -0.39 is 0 Å². The highest BCUT2D eigenvalue weighted by molar-refractivity contribution is 8.14. The predicted octanol–water partition coefficient (Wildman–Crippen LogP) is 3.72. The number of carbonyl (C=O) groups is 1. The molecule has 0 spiro atoms. The van der Waals surface area contributed by atoms with E-state index in [1.807, 2.05) is 11.8 Å². The Labute approximate surface area is 243 Å². The van der Waals surface area contributed by atoms with Gasteiger partial charge in [-0.3, -0.25) is 14.7 Å². The predicted molar refractivity (Wildman–Crippen MR) is 161 cm³/mol. The van der Waals surface area contributed by atoms with Crippen LogP contribution in [0.2, 0.25) is 0 Å². The van der Waals surface area contributed by atoms with Gasteiger partial charge in [0.05, 0.1) is 37.2 Å². The van der Waals surface area contributed by atoms with Gasteiger partial charge in [-0.25, -0.2) is 0 Å². The number of ether oxygens (including phenoxy) is 3. The SMILES string of the molecule is CC[C@@H]1COCCN1Cc1ccc(NC(=C2CCC2)C2CSC(N3CC[C@H](OC)C3)=N2)c(C(=O)NCCOC)c1. The monoisotopic (exact) mass is 571 g/mol. The Morgan fingerprint density at radius 3 is 2.85 bits per heavy atom. The second-order valence-electron chi connectivity index (χ2n) is 11.1. The zero-order valence-electron chi connectivity index (χ0n) is 24.2. The standard InChI is InChI=1S/C30H45N5O4S/c1-4-23-19-39-15-13-34(23)17-21-8-9-26(25(16-21)29(36)31-11-14-37-2)32-28(22-6-5-7-22)27-20-40-30(33-27)35-12-10-24(18-35)38-3/h8-9,16,23-24,27,32H,4-7,10-15,17-20H2,1-3H3,(H,31,36)/t23-,24+,27?/m1/s1. The van der Waals surface area contributed by atoms with Crippen LogP contribution < -0.4 is 10.6 Å². The molecule has 1 unspecified atom stereocenters. The number of morpholine rings is 1. The van der Waals surface area contributed by atoms with Crippen LogP contribution >= 0.6 is 11.8 Å². The maximum absolute atomic E-state index is 13.4. The van der Waals surface area contributed by atoms with Gasteiger partial charge in [0.1, 0.15) is 6.04 Å². The van der Waals surface area contributed by atoms with Gasteiger partial charge in [-0.05, 0) is 55.4 Å². The summed E-state index contributed by atoms with van der Waals surface area (Å²) >= 11 is 1.84. The van der Waals surface area contributed by atoms with Crippen LogP contribution in [-0.2, 0) is 20.8 Å². The molecule has 0 aromatic heterocycles. The number of hydrogen-bond acceptors (Lipinski definition) is 9. The Morgan fingerprint density at radius 1 is 1.25 bits per heavy atom. The topological polar surface area (TPSA) is 87.7 Å². The van der Waals surface area contributed by atoms with Crippen LogP contribution in [-0.4, -0.2) is 105 Å². The van der Waals surface area contributed by atoms with Crippen molar-refractivity contribution in [2.75, 3.05) is 71.3 Å². The molecule has 1 amide bonds. The Hall–Kier alpha value is -2.11. The molecule has 10 heteroatoms. The molecule has 4 aliphatic rings. The maximum atomic E-state index is 13.4. The number of anilines is 1. The van der Waals surface area contributed by atoms with E-state index in [0.717, 1.165) is 87.2 Å². The van der Waals surface area contributed by atoms with Crippen LogP contribution in [0.4, 0.5) is 5.69 Å². The Balaban J connectivity index is 1.37. The first-order chi connectivity index (χ1) is 19.6. The molecule has 1 aromatic rings. The van der Waals surface area contributed by atoms with E-state index in [0.29, 0.717) is 24.8 Å². The molecule has 9 nitrogen and oxygen atoms in total. The first-order valence-corrected chi connectivity index (χ1v) is 15.8. The number of nitrogens with one attached hydrogen (secondary N) is 2. The van der Waals surface area contributed by atoms with Crippen LogP contribution in [0.3, 0.4) is 0 Å². The summed E-state index contributed by atoms with van der Waals surface area (Å²) in [5.41, 5.74) is 5.26. The lowest BCUT2D eigenvalue weighted by molar-refractivity contribution is -0.0127. The van der Waals surface area contributed by atoms with Crippen molar-refractivity contribution < 1.29 is 19.0 Å². The third-order valence-electron chi connectivity index (χ3n) is 8.45. The number of rotatable bonds is 11. The van der Waals surface area contributed by atoms with E-state index in [2.05, 4.69) is 45.6 Å². The van der Waals surface area contributed by atoms with Crippen molar-refractivity contribution in [2.45, 2.75) is 63.8 Å². The molecule has 220 valence electrons. The minimum Gasteiger partial charge on any atom is -0.383 e. The summed E-state index contributed by atoms with van der Waals surface area (Å²) in [6.45, 7) is 8.29. The number of amidine groups is 1. The number of hydrogen-bond donors (Lipinski definition) is 2. The number of likely N-dealkylation sites (tertiary alicyclic amines) is 1. The van der Waals surface area contributed by atoms with Gasteiger partial charge < -0.3 is 29.7 Å². The second kappa shape index (κ2) is 14.2. The molecule has 3 atom stereocenters. The largest absolute Gasteiger partial charge is 0.383 e. The molecule has 3 fully saturated rings. The van der Waals surface area contributed by atoms with Gasteiger partial charge in [0, 0.05) is 64.4 Å². The van der Waals surface area contributed by atoms with Crippen LogP contribution in [0.1, 0.15) is 54.9 Å². The highest BCUT2D eigenvalue weighted by Crippen LogP contribution is 2.36. The third kappa shape index (κ3) is 7.02. The van der Waals surface area contributed by atoms with Crippen molar-refractivity contribution in [3.05, 3.63) is 40.6 Å².